The lowest BCUT2D eigenvalue weighted by Crippen LogP contribution is -2.14. The van der Waals surface area contributed by atoms with E-state index in [-0.39, 0.29) is 5.41 Å². The molecule has 3 aromatic heterocycles. The Morgan fingerprint density at radius 2 is 1.31 bits per heavy atom. The summed E-state index contributed by atoms with van der Waals surface area (Å²) >= 11 is 0. The molecule has 3 heterocycles. The van der Waals surface area contributed by atoms with Crippen molar-refractivity contribution in [2.24, 2.45) is 0 Å². The minimum absolute atomic E-state index is 0.0552. The van der Waals surface area contributed by atoms with E-state index in [1.807, 2.05) is 0 Å². The van der Waals surface area contributed by atoms with E-state index in [1.165, 1.54) is 82.2 Å². The van der Waals surface area contributed by atoms with Gasteiger partial charge in [-0.2, -0.15) is 0 Å². The topological polar surface area (TPSA) is 20.2 Å². The Balaban J connectivity index is 1.74. The van der Waals surface area contributed by atoms with Crippen LogP contribution in [0.5, 0.6) is 0 Å². The summed E-state index contributed by atoms with van der Waals surface area (Å²) in [5.74, 6) is 0. The number of hydrogen-bond donors (Lipinski definition) is 1. The number of rotatable bonds is 0. The first-order chi connectivity index (χ1) is 17.1. The summed E-state index contributed by atoms with van der Waals surface area (Å²) in [6.45, 7) is 4.77. The van der Waals surface area contributed by atoms with E-state index in [0.29, 0.717) is 0 Å². The third-order valence-electron chi connectivity index (χ3n) is 8.64. The number of aromatic amines is 1. The van der Waals surface area contributed by atoms with Crippen LogP contribution in [0.3, 0.4) is 0 Å². The molecule has 5 aromatic carbocycles. The van der Waals surface area contributed by atoms with Gasteiger partial charge in [-0.25, -0.2) is 0 Å². The molecule has 35 heavy (non-hydrogen) atoms. The summed E-state index contributed by atoms with van der Waals surface area (Å²) in [6.07, 6.45) is 0. The summed E-state index contributed by atoms with van der Waals surface area (Å²) in [4.78, 5) is 3.70. The number of benzene rings is 5. The first-order valence-corrected chi connectivity index (χ1v) is 12.4. The molecule has 1 N–H and O–H groups in total. The minimum atomic E-state index is -0.0552. The summed E-state index contributed by atoms with van der Waals surface area (Å²) in [5, 5.41) is 8.02. The molecular formula is C33H22N2. The summed E-state index contributed by atoms with van der Waals surface area (Å²) < 4.78 is 2.53. The fraction of sp³-hybridized carbons (Fsp3) is 0.0909. The highest BCUT2D eigenvalue weighted by Gasteiger charge is 2.38. The number of H-pyrrole nitrogens is 1. The first kappa shape index (κ1) is 18.1. The van der Waals surface area contributed by atoms with E-state index in [9.17, 15) is 0 Å². The number of aromatic nitrogens is 2. The van der Waals surface area contributed by atoms with E-state index in [0.717, 1.165) is 0 Å². The predicted octanol–water partition coefficient (Wildman–Crippen LogP) is 8.78. The Morgan fingerprint density at radius 3 is 2.23 bits per heavy atom. The van der Waals surface area contributed by atoms with Crippen LogP contribution in [0.25, 0.3) is 71.0 Å². The third kappa shape index (κ3) is 1.89. The molecule has 0 radical (unpaired) electrons. The van der Waals surface area contributed by atoms with Crippen LogP contribution in [0.15, 0.2) is 91.0 Å². The lowest BCUT2D eigenvalue weighted by Gasteiger charge is -2.21. The van der Waals surface area contributed by atoms with Gasteiger partial charge in [-0.3, -0.25) is 0 Å². The van der Waals surface area contributed by atoms with Crippen molar-refractivity contribution in [3.8, 4) is 11.1 Å². The highest BCUT2D eigenvalue weighted by atomic mass is 14.9. The second-order valence-electron chi connectivity index (χ2n) is 10.6. The SMILES string of the molecule is CC1(C)c2ccccc2-c2c1cc1c3cccc4[nH]c5cccc(c5c43)n3c4ccccc4c2c13. The molecule has 0 saturated carbocycles. The molecular weight excluding hydrogens is 424 g/mol. The molecule has 0 fully saturated rings. The Labute approximate surface area is 201 Å². The second kappa shape index (κ2) is 5.67. The molecule has 1 aliphatic carbocycles. The van der Waals surface area contributed by atoms with Gasteiger partial charge in [-0.05, 0) is 58.0 Å². The van der Waals surface area contributed by atoms with Gasteiger partial charge in [0.05, 0.1) is 16.6 Å². The van der Waals surface area contributed by atoms with Crippen molar-refractivity contribution in [2.75, 3.05) is 0 Å². The van der Waals surface area contributed by atoms with Gasteiger partial charge in [-0.15, -0.1) is 0 Å². The van der Waals surface area contributed by atoms with Gasteiger partial charge in [0.2, 0.25) is 0 Å². The molecule has 0 spiro atoms. The second-order valence-corrected chi connectivity index (χ2v) is 10.6. The van der Waals surface area contributed by atoms with Crippen molar-refractivity contribution in [3.05, 3.63) is 102 Å². The molecule has 2 nitrogen and oxygen atoms in total. The van der Waals surface area contributed by atoms with Crippen LogP contribution in [0.4, 0.5) is 0 Å². The number of nitrogens with one attached hydrogen (secondary N) is 1. The zero-order chi connectivity index (χ0) is 23.1. The van der Waals surface area contributed by atoms with Crippen LogP contribution < -0.4 is 0 Å². The molecule has 0 amide bonds. The summed E-state index contributed by atoms with van der Waals surface area (Å²) in [5.41, 5.74) is 11.8. The standard InChI is InChI=1S/C33H22N2/c1-33(2)22-12-5-3-9-19(22)28-23(33)17-21-18-11-7-13-24-29(18)31-25(34-24)14-8-16-27(31)35-26-15-6-4-10-20(26)30(28)32(21)35/h3-17,34H,1-2H3. The Hall–Kier alpha value is -4.30. The number of para-hydroxylation sites is 1. The van der Waals surface area contributed by atoms with Gasteiger partial charge >= 0.3 is 0 Å². The normalized spacial score (nSPS) is 14.8. The van der Waals surface area contributed by atoms with Crippen molar-refractivity contribution < 1.29 is 0 Å². The van der Waals surface area contributed by atoms with Crippen molar-refractivity contribution in [2.45, 2.75) is 19.3 Å². The number of hydrogen-bond acceptors (Lipinski definition) is 0. The Bertz CT molecular complexity index is 2190. The molecule has 9 rings (SSSR count). The quantitative estimate of drug-likeness (QED) is 0.240. The molecule has 164 valence electrons. The van der Waals surface area contributed by atoms with E-state index in [2.05, 4.69) is 114 Å². The molecule has 0 saturated heterocycles. The smallest absolute Gasteiger partial charge is 0.0626 e. The van der Waals surface area contributed by atoms with Gasteiger partial charge in [0.1, 0.15) is 0 Å². The van der Waals surface area contributed by atoms with Crippen LogP contribution in [-0.4, -0.2) is 9.38 Å². The highest BCUT2D eigenvalue weighted by Crippen LogP contribution is 2.55. The number of nitrogens with zero attached hydrogens (tertiary/aromatic N) is 1. The number of fused-ring (bicyclic) bond motifs is 9. The third-order valence-corrected chi connectivity index (χ3v) is 8.64. The van der Waals surface area contributed by atoms with Gasteiger partial charge in [0.25, 0.3) is 0 Å². The summed E-state index contributed by atoms with van der Waals surface area (Å²) in [6, 6.07) is 33.9. The maximum Gasteiger partial charge on any atom is 0.0626 e. The first-order valence-electron chi connectivity index (χ1n) is 12.4. The average molecular weight is 447 g/mol. The van der Waals surface area contributed by atoms with E-state index < -0.39 is 0 Å². The lowest BCUT2D eigenvalue weighted by molar-refractivity contribution is 0.661. The maximum absolute atomic E-state index is 3.70. The van der Waals surface area contributed by atoms with E-state index in [4.69, 9.17) is 0 Å². The maximum atomic E-state index is 3.70. The highest BCUT2D eigenvalue weighted by molar-refractivity contribution is 6.32. The Morgan fingerprint density at radius 1 is 0.600 bits per heavy atom. The molecule has 0 unspecified atom stereocenters. The van der Waals surface area contributed by atoms with Gasteiger partial charge in [-0.1, -0.05) is 74.5 Å². The largest absolute Gasteiger partial charge is 0.354 e. The summed E-state index contributed by atoms with van der Waals surface area (Å²) in [7, 11) is 0. The molecule has 0 aliphatic heterocycles. The average Bonchev–Trinajstić information content (AvgIpc) is 3.47. The van der Waals surface area contributed by atoms with Crippen LogP contribution >= 0.6 is 0 Å². The predicted molar refractivity (Wildman–Crippen MR) is 148 cm³/mol. The van der Waals surface area contributed by atoms with E-state index >= 15 is 0 Å². The van der Waals surface area contributed by atoms with Gasteiger partial charge < -0.3 is 9.38 Å². The minimum Gasteiger partial charge on any atom is -0.354 e. The van der Waals surface area contributed by atoms with Crippen molar-refractivity contribution in [1.29, 1.82) is 0 Å². The molecule has 8 aromatic rings. The van der Waals surface area contributed by atoms with Crippen molar-refractivity contribution in [1.82, 2.24) is 9.38 Å². The van der Waals surface area contributed by atoms with Crippen LogP contribution in [0.1, 0.15) is 25.0 Å². The van der Waals surface area contributed by atoms with Crippen LogP contribution in [0.2, 0.25) is 0 Å². The zero-order valence-electron chi connectivity index (χ0n) is 19.6. The molecule has 0 atom stereocenters. The van der Waals surface area contributed by atoms with Crippen LogP contribution in [0, 0.1) is 0 Å². The monoisotopic (exact) mass is 446 g/mol. The van der Waals surface area contributed by atoms with E-state index in [1.54, 1.807) is 0 Å². The van der Waals surface area contributed by atoms with Crippen molar-refractivity contribution in [3.63, 3.8) is 0 Å². The lowest BCUT2D eigenvalue weighted by atomic mass is 9.81. The van der Waals surface area contributed by atoms with Crippen molar-refractivity contribution >= 4 is 59.9 Å². The Kier molecular flexibility index (Phi) is 2.93. The fourth-order valence-corrected chi connectivity index (χ4v) is 7.18. The fourth-order valence-electron chi connectivity index (χ4n) is 7.18. The van der Waals surface area contributed by atoms with Gasteiger partial charge in [0.15, 0.2) is 0 Å². The molecule has 1 aliphatic rings. The zero-order valence-corrected chi connectivity index (χ0v) is 19.6. The molecule has 0 bridgehead atoms. The van der Waals surface area contributed by atoms with Crippen LogP contribution in [-0.2, 0) is 5.41 Å². The van der Waals surface area contributed by atoms with Gasteiger partial charge in [0, 0.05) is 43.4 Å². The molecule has 2 heteroatoms.